The van der Waals surface area contributed by atoms with Crippen molar-refractivity contribution < 1.29 is 9.47 Å². The lowest BCUT2D eigenvalue weighted by Gasteiger charge is -2.12. The van der Waals surface area contributed by atoms with Crippen LogP contribution in [0.3, 0.4) is 0 Å². The maximum atomic E-state index is 4.96. The zero-order valence-electron chi connectivity index (χ0n) is 9.36. The lowest BCUT2D eigenvalue weighted by Crippen LogP contribution is -2.30. The van der Waals surface area contributed by atoms with Crippen molar-refractivity contribution >= 4 is 5.95 Å². The highest BCUT2D eigenvalue weighted by atomic mass is 16.5. The smallest absolute Gasteiger partial charge is 0.324 e. The first-order valence-corrected chi connectivity index (χ1v) is 5.16. The molecule has 88 valence electrons. The fourth-order valence-corrected chi connectivity index (χ4v) is 1.55. The molecule has 7 nitrogen and oxygen atoms in total. The largest absolute Gasteiger partial charge is 0.467 e. The van der Waals surface area contributed by atoms with Crippen molar-refractivity contribution in [3.63, 3.8) is 0 Å². The maximum Gasteiger partial charge on any atom is 0.324 e. The number of anilines is 1. The first-order chi connectivity index (χ1) is 7.81. The Labute approximate surface area is 93.6 Å². The van der Waals surface area contributed by atoms with Crippen LogP contribution < -0.4 is 20.1 Å². The molecular formula is C9H15N5O2. The van der Waals surface area contributed by atoms with Crippen molar-refractivity contribution in [3.8, 4) is 12.0 Å². The van der Waals surface area contributed by atoms with Gasteiger partial charge in [0, 0.05) is 0 Å². The zero-order valence-corrected chi connectivity index (χ0v) is 9.36. The first kappa shape index (κ1) is 10.9. The maximum absolute atomic E-state index is 4.96. The lowest BCUT2D eigenvalue weighted by atomic mass is 10.3. The van der Waals surface area contributed by atoms with Crippen molar-refractivity contribution in [3.05, 3.63) is 0 Å². The number of aromatic nitrogens is 3. The molecule has 0 aliphatic carbocycles. The predicted molar refractivity (Wildman–Crippen MR) is 57.6 cm³/mol. The SMILES string of the molecule is COc1nc(N[C@H]2CCCN2)nc(OC)n1. The Hall–Kier alpha value is -1.63. The third kappa shape index (κ3) is 2.48. The molecule has 2 heterocycles. The minimum absolute atomic E-state index is 0.205. The molecule has 0 unspecified atom stereocenters. The average molecular weight is 225 g/mol. The molecule has 2 rings (SSSR count). The van der Waals surface area contributed by atoms with Crippen LogP contribution >= 0.6 is 0 Å². The van der Waals surface area contributed by atoms with E-state index >= 15 is 0 Å². The van der Waals surface area contributed by atoms with Gasteiger partial charge in [0.1, 0.15) is 0 Å². The Morgan fingerprint density at radius 1 is 1.19 bits per heavy atom. The number of ether oxygens (including phenoxy) is 2. The summed E-state index contributed by atoms with van der Waals surface area (Å²) in [5.74, 6) is 0.461. The van der Waals surface area contributed by atoms with E-state index in [0.717, 1.165) is 19.4 Å². The van der Waals surface area contributed by atoms with E-state index in [-0.39, 0.29) is 18.2 Å². The Morgan fingerprint density at radius 2 is 1.88 bits per heavy atom. The number of nitrogens with one attached hydrogen (secondary N) is 2. The van der Waals surface area contributed by atoms with Crippen molar-refractivity contribution in [1.29, 1.82) is 0 Å². The molecule has 1 aliphatic heterocycles. The van der Waals surface area contributed by atoms with Gasteiger partial charge in [-0.05, 0) is 19.4 Å². The molecule has 0 radical (unpaired) electrons. The molecule has 0 saturated carbocycles. The Morgan fingerprint density at radius 3 is 2.38 bits per heavy atom. The average Bonchev–Trinajstić information content (AvgIpc) is 2.81. The third-order valence-corrected chi connectivity index (χ3v) is 2.32. The fourth-order valence-electron chi connectivity index (χ4n) is 1.55. The summed E-state index contributed by atoms with van der Waals surface area (Å²) < 4.78 is 9.92. The molecule has 0 spiro atoms. The van der Waals surface area contributed by atoms with Crippen LogP contribution in [0.4, 0.5) is 5.95 Å². The molecule has 1 aromatic rings. The molecule has 2 N–H and O–H groups in total. The van der Waals surface area contributed by atoms with E-state index in [1.165, 1.54) is 14.2 Å². The highest BCUT2D eigenvalue weighted by Gasteiger charge is 2.16. The van der Waals surface area contributed by atoms with Crippen LogP contribution in [0.5, 0.6) is 12.0 Å². The number of rotatable bonds is 4. The van der Waals surface area contributed by atoms with Gasteiger partial charge in [0.25, 0.3) is 0 Å². The van der Waals surface area contributed by atoms with Gasteiger partial charge < -0.3 is 14.8 Å². The molecule has 7 heteroatoms. The van der Waals surface area contributed by atoms with Gasteiger partial charge in [0.05, 0.1) is 20.4 Å². The van der Waals surface area contributed by atoms with E-state index in [1.54, 1.807) is 0 Å². The minimum Gasteiger partial charge on any atom is -0.467 e. The van der Waals surface area contributed by atoms with E-state index in [2.05, 4.69) is 25.6 Å². The van der Waals surface area contributed by atoms with Crippen LogP contribution in [-0.4, -0.2) is 41.9 Å². The van der Waals surface area contributed by atoms with Gasteiger partial charge in [0.15, 0.2) is 0 Å². The molecule has 1 saturated heterocycles. The van der Waals surface area contributed by atoms with Crippen LogP contribution in [0.1, 0.15) is 12.8 Å². The zero-order chi connectivity index (χ0) is 11.4. The molecule has 1 fully saturated rings. The van der Waals surface area contributed by atoms with Crippen LogP contribution in [-0.2, 0) is 0 Å². The van der Waals surface area contributed by atoms with E-state index in [4.69, 9.17) is 9.47 Å². The fraction of sp³-hybridized carbons (Fsp3) is 0.667. The molecule has 0 aromatic carbocycles. The van der Waals surface area contributed by atoms with Gasteiger partial charge in [-0.2, -0.15) is 9.97 Å². The second kappa shape index (κ2) is 4.93. The summed E-state index contributed by atoms with van der Waals surface area (Å²) in [4.78, 5) is 12.1. The van der Waals surface area contributed by atoms with Crippen LogP contribution in [0.2, 0.25) is 0 Å². The van der Waals surface area contributed by atoms with Gasteiger partial charge in [-0.25, -0.2) is 0 Å². The quantitative estimate of drug-likeness (QED) is 0.747. The summed E-state index contributed by atoms with van der Waals surface area (Å²) in [6.07, 6.45) is 2.41. The lowest BCUT2D eigenvalue weighted by molar-refractivity contribution is 0.340. The summed E-state index contributed by atoms with van der Waals surface area (Å²) >= 11 is 0. The Bertz CT molecular complexity index is 332. The number of methoxy groups -OCH3 is 2. The van der Waals surface area contributed by atoms with Crippen molar-refractivity contribution in [2.24, 2.45) is 0 Å². The van der Waals surface area contributed by atoms with Crippen molar-refractivity contribution in [1.82, 2.24) is 20.3 Å². The van der Waals surface area contributed by atoms with E-state index in [9.17, 15) is 0 Å². The van der Waals surface area contributed by atoms with Crippen LogP contribution in [0.25, 0.3) is 0 Å². The second-order valence-corrected chi connectivity index (χ2v) is 3.43. The van der Waals surface area contributed by atoms with E-state index in [1.807, 2.05) is 0 Å². The standard InChI is InChI=1S/C9H15N5O2/c1-15-8-12-7(13-9(14-8)16-2)11-6-4-3-5-10-6/h6,10H,3-5H2,1-2H3,(H,11,12,13,14)/t6-/m0/s1. The summed E-state index contributed by atoms with van der Waals surface area (Å²) in [5, 5.41) is 6.44. The summed E-state index contributed by atoms with van der Waals surface area (Å²) in [5.41, 5.74) is 0. The van der Waals surface area contributed by atoms with Crippen molar-refractivity contribution in [2.75, 3.05) is 26.1 Å². The van der Waals surface area contributed by atoms with E-state index < -0.39 is 0 Å². The number of hydrogen-bond acceptors (Lipinski definition) is 7. The molecule has 1 aliphatic rings. The minimum atomic E-state index is 0.205. The first-order valence-electron chi connectivity index (χ1n) is 5.16. The molecule has 0 amide bonds. The topological polar surface area (TPSA) is 81.2 Å². The van der Waals surface area contributed by atoms with Gasteiger partial charge in [-0.1, -0.05) is 0 Å². The normalized spacial score (nSPS) is 19.5. The number of nitrogens with zero attached hydrogens (tertiary/aromatic N) is 3. The third-order valence-electron chi connectivity index (χ3n) is 2.32. The summed E-state index contributed by atoms with van der Waals surface area (Å²) in [7, 11) is 3.01. The van der Waals surface area contributed by atoms with Gasteiger partial charge >= 0.3 is 12.0 Å². The van der Waals surface area contributed by atoms with Gasteiger partial charge in [-0.15, -0.1) is 4.98 Å². The van der Waals surface area contributed by atoms with E-state index in [0.29, 0.717) is 5.95 Å². The molecule has 1 aromatic heterocycles. The molecule has 1 atom stereocenters. The summed E-state index contributed by atoms with van der Waals surface area (Å²) in [6, 6.07) is 0.486. The monoisotopic (exact) mass is 225 g/mol. The Kier molecular flexibility index (Phi) is 3.35. The molecule has 16 heavy (non-hydrogen) atoms. The second-order valence-electron chi connectivity index (χ2n) is 3.43. The van der Waals surface area contributed by atoms with Crippen LogP contribution in [0.15, 0.2) is 0 Å². The van der Waals surface area contributed by atoms with Crippen LogP contribution in [0, 0.1) is 0 Å². The molecular weight excluding hydrogens is 210 g/mol. The highest BCUT2D eigenvalue weighted by molar-refractivity contribution is 5.29. The summed E-state index contributed by atoms with van der Waals surface area (Å²) in [6.45, 7) is 1.01. The Balaban J connectivity index is 2.12. The molecule has 0 bridgehead atoms. The number of hydrogen-bond donors (Lipinski definition) is 2. The van der Waals surface area contributed by atoms with Crippen molar-refractivity contribution in [2.45, 2.75) is 19.0 Å². The predicted octanol–water partition coefficient (Wildman–Crippen LogP) is 0.0102. The van der Waals surface area contributed by atoms with Gasteiger partial charge in [0.2, 0.25) is 5.95 Å². The highest BCUT2D eigenvalue weighted by Crippen LogP contribution is 2.14. The van der Waals surface area contributed by atoms with Gasteiger partial charge in [-0.3, -0.25) is 5.32 Å².